The first kappa shape index (κ1) is 23.6. The van der Waals surface area contributed by atoms with Crippen molar-refractivity contribution in [3.8, 4) is 0 Å². The van der Waals surface area contributed by atoms with Crippen LogP contribution < -0.4 is 10.6 Å². The van der Waals surface area contributed by atoms with Gasteiger partial charge in [-0.25, -0.2) is 0 Å². The Kier molecular flexibility index (Phi) is 10.5. The molecule has 6 nitrogen and oxygen atoms in total. The maximum absolute atomic E-state index is 5.42. The van der Waals surface area contributed by atoms with E-state index in [1.807, 2.05) is 7.05 Å². The molecule has 0 bridgehead atoms. The monoisotopic (exact) mass is 403 g/mol. The van der Waals surface area contributed by atoms with Gasteiger partial charge in [-0.3, -0.25) is 14.8 Å². The van der Waals surface area contributed by atoms with Crippen molar-refractivity contribution in [2.75, 3.05) is 46.4 Å². The Labute approximate surface area is 177 Å². The molecule has 2 rings (SSSR count). The Morgan fingerprint density at radius 3 is 2.24 bits per heavy atom. The molecule has 1 heterocycles. The van der Waals surface area contributed by atoms with Gasteiger partial charge in [-0.2, -0.15) is 0 Å². The fraction of sp³-hybridized carbons (Fsp3) is 0.696. The molecule has 29 heavy (non-hydrogen) atoms. The average Bonchev–Trinajstić information content (AvgIpc) is 2.71. The molecule has 1 aromatic rings. The molecule has 0 saturated carbocycles. The molecular formula is C23H41N5O. The van der Waals surface area contributed by atoms with E-state index in [4.69, 9.17) is 4.74 Å². The quantitative estimate of drug-likeness (QED) is 0.357. The van der Waals surface area contributed by atoms with Gasteiger partial charge in [-0.1, -0.05) is 24.3 Å². The summed E-state index contributed by atoms with van der Waals surface area (Å²) in [5.74, 6) is 0.864. The van der Waals surface area contributed by atoms with E-state index in [2.05, 4.69) is 77.4 Å². The second-order valence-electron chi connectivity index (χ2n) is 8.34. The lowest BCUT2D eigenvalue weighted by molar-refractivity contribution is 0.0342. The first-order valence-electron chi connectivity index (χ1n) is 11.1. The maximum Gasteiger partial charge on any atom is 0.191 e. The molecule has 0 aromatic heterocycles. The molecule has 0 aliphatic carbocycles. The van der Waals surface area contributed by atoms with Crippen molar-refractivity contribution in [1.29, 1.82) is 0 Å². The number of guanidine groups is 1. The second kappa shape index (κ2) is 12.8. The zero-order chi connectivity index (χ0) is 21.1. The van der Waals surface area contributed by atoms with Gasteiger partial charge in [-0.05, 0) is 45.2 Å². The Morgan fingerprint density at radius 1 is 1.03 bits per heavy atom. The van der Waals surface area contributed by atoms with Crippen LogP contribution in [0, 0.1) is 0 Å². The van der Waals surface area contributed by atoms with Crippen LogP contribution in [0.5, 0.6) is 0 Å². The molecule has 0 radical (unpaired) electrons. The normalized spacial score (nSPS) is 16.1. The number of ether oxygens (including phenoxy) is 1. The fourth-order valence-electron chi connectivity index (χ4n) is 3.77. The molecule has 0 atom stereocenters. The minimum atomic E-state index is 0.582. The highest BCUT2D eigenvalue weighted by Crippen LogP contribution is 2.09. The topological polar surface area (TPSA) is 52.1 Å². The van der Waals surface area contributed by atoms with E-state index in [-0.39, 0.29) is 0 Å². The van der Waals surface area contributed by atoms with Gasteiger partial charge in [0.2, 0.25) is 0 Å². The maximum atomic E-state index is 5.42. The predicted molar refractivity (Wildman–Crippen MR) is 122 cm³/mol. The largest absolute Gasteiger partial charge is 0.379 e. The molecule has 1 fully saturated rings. The zero-order valence-electron chi connectivity index (χ0n) is 19.1. The Balaban J connectivity index is 1.69. The summed E-state index contributed by atoms with van der Waals surface area (Å²) in [7, 11) is 1.83. The van der Waals surface area contributed by atoms with Crippen LogP contribution in [0.15, 0.2) is 29.3 Å². The van der Waals surface area contributed by atoms with Crippen molar-refractivity contribution in [2.24, 2.45) is 4.99 Å². The highest BCUT2D eigenvalue weighted by molar-refractivity contribution is 5.79. The number of morpholine rings is 1. The van der Waals surface area contributed by atoms with Crippen molar-refractivity contribution in [3.63, 3.8) is 0 Å². The molecule has 2 N–H and O–H groups in total. The molecule has 164 valence electrons. The smallest absolute Gasteiger partial charge is 0.191 e. The van der Waals surface area contributed by atoms with Crippen molar-refractivity contribution in [3.05, 3.63) is 35.4 Å². The molecule has 0 amide bonds. The molecule has 0 unspecified atom stereocenters. The zero-order valence-corrected chi connectivity index (χ0v) is 19.1. The summed E-state index contributed by atoms with van der Waals surface area (Å²) in [5.41, 5.74) is 2.63. The van der Waals surface area contributed by atoms with Gasteiger partial charge in [0.1, 0.15) is 0 Å². The van der Waals surface area contributed by atoms with Gasteiger partial charge in [0.25, 0.3) is 0 Å². The minimum Gasteiger partial charge on any atom is -0.379 e. The summed E-state index contributed by atoms with van der Waals surface area (Å²) in [6, 6.07) is 10.0. The van der Waals surface area contributed by atoms with Crippen LogP contribution in [0.1, 0.15) is 45.2 Å². The molecule has 1 aromatic carbocycles. The van der Waals surface area contributed by atoms with E-state index in [1.165, 1.54) is 11.1 Å². The number of nitrogens with one attached hydrogen (secondary N) is 2. The number of nitrogens with zero attached hydrogens (tertiary/aromatic N) is 3. The third kappa shape index (κ3) is 8.72. The Bertz CT molecular complexity index is 586. The van der Waals surface area contributed by atoms with E-state index in [1.54, 1.807) is 0 Å². The summed E-state index contributed by atoms with van der Waals surface area (Å²) in [6.45, 7) is 16.6. The summed E-state index contributed by atoms with van der Waals surface area (Å²) >= 11 is 0. The van der Waals surface area contributed by atoms with Crippen LogP contribution >= 0.6 is 0 Å². The molecule has 6 heteroatoms. The lowest BCUT2D eigenvalue weighted by atomic mass is 10.1. The van der Waals surface area contributed by atoms with E-state index < -0.39 is 0 Å². The van der Waals surface area contributed by atoms with Gasteiger partial charge in [0.15, 0.2) is 5.96 Å². The van der Waals surface area contributed by atoms with Crippen molar-refractivity contribution >= 4 is 5.96 Å². The number of hydrogen-bond donors (Lipinski definition) is 2. The van der Waals surface area contributed by atoms with Gasteiger partial charge in [0, 0.05) is 58.4 Å². The highest BCUT2D eigenvalue weighted by atomic mass is 16.5. The van der Waals surface area contributed by atoms with E-state index in [0.717, 1.165) is 64.9 Å². The van der Waals surface area contributed by atoms with Crippen LogP contribution in [0.4, 0.5) is 0 Å². The lowest BCUT2D eigenvalue weighted by Gasteiger charge is -2.30. The predicted octanol–water partition coefficient (Wildman–Crippen LogP) is 2.69. The SMILES string of the molecule is CN=C(NCCCN(C(C)C)C(C)C)NCc1ccc(CN2CCOCC2)cc1. The standard InChI is InChI=1S/C23H41N5O/c1-19(2)28(20(3)4)12-6-11-25-23(24-5)26-17-21-7-9-22(10-8-21)18-27-13-15-29-16-14-27/h7-10,19-20H,6,11-18H2,1-5H3,(H2,24,25,26). The lowest BCUT2D eigenvalue weighted by Crippen LogP contribution is -2.41. The first-order chi connectivity index (χ1) is 14.0. The minimum absolute atomic E-state index is 0.582. The summed E-state index contributed by atoms with van der Waals surface area (Å²) in [6.07, 6.45) is 1.10. The van der Waals surface area contributed by atoms with Crippen molar-refractivity contribution < 1.29 is 4.74 Å². The molecule has 1 aliphatic heterocycles. The molecule has 1 aliphatic rings. The van der Waals surface area contributed by atoms with Crippen molar-refractivity contribution in [2.45, 2.75) is 59.3 Å². The third-order valence-electron chi connectivity index (χ3n) is 5.43. The average molecular weight is 404 g/mol. The number of hydrogen-bond acceptors (Lipinski definition) is 4. The first-order valence-corrected chi connectivity index (χ1v) is 11.1. The second-order valence-corrected chi connectivity index (χ2v) is 8.34. The van der Waals surface area contributed by atoms with E-state index in [0.29, 0.717) is 12.1 Å². The van der Waals surface area contributed by atoms with Gasteiger partial charge in [0.05, 0.1) is 13.2 Å². The summed E-state index contributed by atoms with van der Waals surface area (Å²) in [4.78, 5) is 9.32. The van der Waals surface area contributed by atoms with Crippen molar-refractivity contribution in [1.82, 2.24) is 20.4 Å². The van der Waals surface area contributed by atoms with Crippen LogP contribution in [-0.2, 0) is 17.8 Å². The molecular weight excluding hydrogens is 362 g/mol. The van der Waals surface area contributed by atoms with Crippen LogP contribution in [0.2, 0.25) is 0 Å². The molecule has 0 spiro atoms. The van der Waals surface area contributed by atoms with Crippen LogP contribution in [0.3, 0.4) is 0 Å². The summed E-state index contributed by atoms with van der Waals surface area (Å²) < 4.78 is 5.42. The van der Waals surface area contributed by atoms with Gasteiger partial charge in [-0.15, -0.1) is 0 Å². The Hall–Kier alpha value is -1.63. The third-order valence-corrected chi connectivity index (χ3v) is 5.43. The van der Waals surface area contributed by atoms with Crippen LogP contribution in [-0.4, -0.2) is 74.3 Å². The number of benzene rings is 1. The van der Waals surface area contributed by atoms with E-state index in [9.17, 15) is 0 Å². The Morgan fingerprint density at radius 2 is 1.66 bits per heavy atom. The molecule has 1 saturated heterocycles. The number of rotatable bonds is 10. The number of aliphatic imine (C=N–C) groups is 1. The van der Waals surface area contributed by atoms with Crippen LogP contribution in [0.25, 0.3) is 0 Å². The van der Waals surface area contributed by atoms with E-state index >= 15 is 0 Å². The van der Waals surface area contributed by atoms with Gasteiger partial charge < -0.3 is 15.4 Å². The fourth-order valence-corrected chi connectivity index (χ4v) is 3.77. The van der Waals surface area contributed by atoms with Gasteiger partial charge >= 0.3 is 0 Å². The highest BCUT2D eigenvalue weighted by Gasteiger charge is 2.12. The summed E-state index contributed by atoms with van der Waals surface area (Å²) in [5, 5.41) is 6.85.